The van der Waals surface area contributed by atoms with Gasteiger partial charge in [-0.25, -0.2) is 23.4 Å². The van der Waals surface area contributed by atoms with Crippen LogP contribution in [0.3, 0.4) is 0 Å². The van der Waals surface area contributed by atoms with Crippen molar-refractivity contribution in [3.05, 3.63) is 30.6 Å². The second-order valence-corrected chi connectivity index (χ2v) is 10.7. The van der Waals surface area contributed by atoms with Gasteiger partial charge in [0.15, 0.2) is 5.13 Å². The fraction of sp³-hybridized carbons (Fsp3) is 0.421. The average Bonchev–Trinajstić information content (AvgIpc) is 3.22. The molecule has 1 fully saturated rings. The third-order valence-corrected chi connectivity index (χ3v) is 8.30. The molecule has 2 aromatic heterocycles. The Kier molecular flexibility index (Phi) is 7.23. The summed E-state index contributed by atoms with van der Waals surface area (Å²) in [4.78, 5) is 14.4. The molecule has 31 heavy (non-hydrogen) atoms. The Morgan fingerprint density at radius 1 is 1.16 bits per heavy atom. The third kappa shape index (κ3) is 5.44. The van der Waals surface area contributed by atoms with Gasteiger partial charge < -0.3 is 15.4 Å². The zero-order valence-electron chi connectivity index (χ0n) is 17.1. The summed E-state index contributed by atoms with van der Waals surface area (Å²) in [6.45, 7) is 3.10. The Morgan fingerprint density at radius 3 is 2.65 bits per heavy atom. The molecule has 3 aromatic rings. The maximum atomic E-state index is 12.9. The molecule has 0 radical (unpaired) electrons. The minimum atomic E-state index is -3.51. The summed E-state index contributed by atoms with van der Waals surface area (Å²) in [6.07, 6.45) is 6.45. The van der Waals surface area contributed by atoms with Crippen LogP contribution in [0.25, 0.3) is 10.2 Å². The first-order valence-corrected chi connectivity index (χ1v) is 13.4. The highest BCUT2D eigenvalue weighted by Gasteiger charge is 2.26. The number of rotatable bonds is 9. The van der Waals surface area contributed by atoms with Gasteiger partial charge in [-0.05, 0) is 30.9 Å². The number of thiazole rings is 1. The van der Waals surface area contributed by atoms with Crippen LogP contribution in [0.4, 0.5) is 11.1 Å². The number of hydrogen-bond donors (Lipinski definition) is 2. The largest absolute Gasteiger partial charge is 0.379 e. The van der Waals surface area contributed by atoms with Gasteiger partial charge >= 0.3 is 0 Å². The van der Waals surface area contributed by atoms with E-state index >= 15 is 0 Å². The van der Waals surface area contributed by atoms with Crippen LogP contribution in [0.15, 0.2) is 40.4 Å². The zero-order valence-corrected chi connectivity index (χ0v) is 19.5. The number of aromatic nitrogens is 3. The summed E-state index contributed by atoms with van der Waals surface area (Å²) >= 11 is 3.06. The van der Waals surface area contributed by atoms with Crippen LogP contribution >= 0.6 is 23.1 Å². The van der Waals surface area contributed by atoms with E-state index in [-0.39, 0.29) is 0 Å². The van der Waals surface area contributed by atoms with Crippen molar-refractivity contribution in [2.45, 2.75) is 16.2 Å². The molecule has 12 heteroatoms. The first kappa shape index (κ1) is 22.2. The van der Waals surface area contributed by atoms with Gasteiger partial charge in [0.1, 0.15) is 0 Å². The first-order chi connectivity index (χ1) is 15.1. The van der Waals surface area contributed by atoms with Gasteiger partial charge in [0.25, 0.3) is 0 Å². The molecule has 1 aliphatic rings. The van der Waals surface area contributed by atoms with Crippen LogP contribution in [-0.4, -0.2) is 73.3 Å². The summed E-state index contributed by atoms with van der Waals surface area (Å²) in [5, 5.41) is 7.28. The van der Waals surface area contributed by atoms with E-state index in [1.807, 2.05) is 6.26 Å². The van der Waals surface area contributed by atoms with Gasteiger partial charge in [-0.3, -0.25) is 0 Å². The molecule has 0 atom stereocenters. The molecule has 4 rings (SSSR count). The molecule has 0 bridgehead atoms. The molecule has 1 aromatic carbocycles. The van der Waals surface area contributed by atoms with E-state index in [2.05, 4.69) is 25.6 Å². The van der Waals surface area contributed by atoms with Crippen molar-refractivity contribution < 1.29 is 13.2 Å². The van der Waals surface area contributed by atoms with Crippen molar-refractivity contribution in [1.82, 2.24) is 19.3 Å². The van der Waals surface area contributed by atoms with Crippen LogP contribution in [0, 0.1) is 0 Å². The van der Waals surface area contributed by atoms with Crippen molar-refractivity contribution in [2.24, 2.45) is 0 Å². The lowest BCUT2D eigenvalue weighted by molar-refractivity contribution is 0.0730. The minimum absolute atomic E-state index is 0.300. The van der Waals surface area contributed by atoms with E-state index in [0.29, 0.717) is 37.1 Å². The number of thioether (sulfide) groups is 1. The number of ether oxygens (including phenoxy) is 1. The SMILES string of the molecule is CSc1cnc(NCCCNc2nc3ccc(S(=O)(=O)N4CCOCC4)cc3s2)nc1. The molecule has 1 aliphatic heterocycles. The number of anilines is 2. The standard InChI is InChI=1S/C19H24N6O3S3/c1-29-14-12-22-18(23-13-14)20-5-2-6-21-19-24-16-4-3-15(11-17(16)30-19)31(26,27)25-7-9-28-10-8-25/h3-4,11-13H,2,5-10H2,1H3,(H,21,24)(H,20,22,23). The van der Waals surface area contributed by atoms with E-state index in [0.717, 1.165) is 39.8 Å². The summed E-state index contributed by atoms with van der Waals surface area (Å²) in [6, 6.07) is 5.10. The molecule has 0 spiro atoms. The lowest BCUT2D eigenvalue weighted by Gasteiger charge is -2.25. The Bertz CT molecular complexity index is 1110. The Morgan fingerprint density at radius 2 is 1.90 bits per heavy atom. The Balaban J connectivity index is 1.31. The van der Waals surface area contributed by atoms with Crippen LogP contribution in [0.1, 0.15) is 6.42 Å². The molecule has 166 valence electrons. The van der Waals surface area contributed by atoms with Crippen LogP contribution in [0.2, 0.25) is 0 Å². The normalized spacial score (nSPS) is 15.3. The van der Waals surface area contributed by atoms with E-state index in [1.165, 1.54) is 15.6 Å². The summed E-state index contributed by atoms with van der Waals surface area (Å²) in [7, 11) is -3.51. The molecular formula is C19H24N6O3S3. The van der Waals surface area contributed by atoms with E-state index in [4.69, 9.17) is 4.74 Å². The minimum Gasteiger partial charge on any atom is -0.379 e. The third-order valence-electron chi connectivity index (χ3n) is 4.74. The number of nitrogens with zero attached hydrogens (tertiary/aromatic N) is 4. The average molecular weight is 481 g/mol. The van der Waals surface area contributed by atoms with Crippen molar-refractivity contribution >= 4 is 54.4 Å². The Labute approximate surface area is 189 Å². The number of hydrogen-bond acceptors (Lipinski definition) is 10. The second kappa shape index (κ2) is 10.1. The van der Waals surface area contributed by atoms with E-state index in [9.17, 15) is 8.42 Å². The number of fused-ring (bicyclic) bond motifs is 1. The number of sulfonamides is 1. The van der Waals surface area contributed by atoms with Gasteiger partial charge in [-0.2, -0.15) is 4.31 Å². The quantitative estimate of drug-likeness (QED) is 0.353. The summed E-state index contributed by atoms with van der Waals surface area (Å²) in [5.41, 5.74) is 0.786. The number of nitrogens with one attached hydrogen (secondary N) is 2. The molecule has 9 nitrogen and oxygen atoms in total. The molecule has 2 N–H and O–H groups in total. The Hall–Kier alpha value is -1.99. The van der Waals surface area contributed by atoms with E-state index < -0.39 is 10.0 Å². The summed E-state index contributed by atoms with van der Waals surface area (Å²) < 4.78 is 33.3. The molecule has 0 unspecified atom stereocenters. The summed E-state index contributed by atoms with van der Waals surface area (Å²) in [5.74, 6) is 0.617. The topological polar surface area (TPSA) is 109 Å². The van der Waals surface area contributed by atoms with Crippen LogP contribution in [0.5, 0.6) is 0 Å². The lowest BCUT2D eigenvalue weighted by Crippen LogP contribution is -2.40. The van der Waals surface area contributed by atoms with Crippen LogP contribution < -0.4 is 10.6 Å². The number of benzene rings is 1. The predicted octanol–water partition coefficient (Wildman–Crippen LogP) is 2.74. The highest BCUT2D eigenvalue weighted by Crippen LogP contribution is 2.29. The van der Waals surface area contributed by atoms with Crippen molar-refractivity contribution in [3.63, 3.8) is 0 Å². The second-order valence-electron chi connectivity index (χ2n) is 6.82. The molecule has 3 heterocycles. The maximum absolute atomic E-state index is 12.9. The molecule has 0 amide bonds. The fourth-order valence-electron chi connectivity index (χ4n) is 3.07. The predicted molar refractivity (Wildman–Crippen MR) is 125 cm³/mol. The van der Waals surface area contributed by atoms with Gasteiger partial charge in [0, 0.05) is 43.5 Å². The van der Waals surface area contributed by atoms with Crippen molar-refractivity contribution in [3.8, 4) is 0 Å². The molecular weight excluding hydrogens is 456 g/mol. The van der Waals surface area contributed by atoms with E-state index in [1.54, 1.807) is 42.4 Å². The molecule has 0 saturated carbocycles. The van der Waals surface area contributed by atoms with Gasteiger partial charge in [0.05, 0.1) is 28.3 Å². The highest BCUT2D eigenvalue weighted by molar-refractivity contribution is 7.98. The van der Waals surface area contributed by atoms with Gasteiger partial charge in [-0.15, -0.1) is 11.8 Å². The zero-order chi connectivity index (χ0) is 21.7. The smallest absolute Gasteiger partial charge is 0.243 e. The van der Waals surface area contributed by atoms with Gasteiger partial charge in [0.2, 0.25) is 16.0 Å². The van der Waals surface area contributed by atoms with Crippen molar-refractivity contribution in [1.29, 1.82) is 0 Å². The first-order valence-electron chi connectivity index (χ1n) is 9.88. The van der Waals surface area contributed by atoms with Crippen molar-refractivity contribution in [2.75, 3.05) is 56.3 Å². The van der Waals surface area contributed by atoms with Crippen LogP contribution in [-0.2, 0) is 14.8 Å². The highest BCUT2D eigenvalue weighted by atomic mass is 32.2. The number of morpholine rings is 1. The molecule has 0 aliphatic carbocycles. The monoisotopic (exact) mass is 480 g/mol. The fourth-order valence-corrected chi connectivity index (χ4v) is 5.83. The molecule has 1 saturated heterocycles. The lowest BCUT2D eigenvalue weighted by atomic mass is 10.3. The maximum Gasteiger partial charge on any atom is 0.243 e. The van der Waals surface area contributed by atoms with Gasteiger partial charge in [-0.1, -0.05) is 11.3 Å².